The number of hydrogen-bond donors (Lipinski definition) is 0. The van der Waals surface area contributed by atoms with Crippen molar-refractivity contribution in [2.75, 3.05) is 26.3 Å². The summed E-state index contributed by atoms with van der Waals surface area (Å²) in [6.07, 6.45) is 4.35. The third kappa shape index (κ3) is 5.37. The number of rotatable bonds is 8. The minimum absolute atomic E-state index is 0.331. The molecular formula is C18H22BrNO3. The smallest absolute Gasteiger partial charge is 0.119 e. The SMILES string of the molecule is Brc1ccc(OCCN(Cc2ccco2)CC2CCCO2)cc1. The van der Waals surface area contributed by atoms with Crippen molar-refractivity contribution in [3.05, 3.63) is 52.9 Å². The average Bonchev–Trinajstić information content (AvgIpc) is 3.23. The topological polar surface area (TPSA) is 34.8 Å². The summed E-state index contributed by atoms with van der Waals surface area (Å²) in [7, 11) is 0. The van der Waals surface area contributed by atoms with Crippen molar-refractivity contribution < 1.29 is 13.9 Å². The van der Waals surface area contributed by atoms with E-state index in [1.54, 1.807) is 6.26 Å². The number of benzene rings is 1. The van der Waals surface area contributed by atoms with Crippen LogP contribution in [-0.2, 0) is 11.3 Å². The summed E-state index contributed by atoms with van der Waals surface area (Å²) in [5.41, 5.74) is 0. The van der Waals surface area contributed by atoms with Gasteiger partial charge in [-0.2, -0.15) is 0 Å². The lowest BCUT2D eigenvalue weighted by molar-refractivity contribution is 0.0630. The van der Waals surface area contributed by atoms with Crippen LogP contribution >= 0.6 is 15.9 Å². The van der Waals surface area contributed by atoms with E-state index in [1.165, 1.54) is 0 Å². The maximum Gasteiger partial charge on any atom is 0.119 e. The predicted molar refractivity (Wildman–Crippen MR) is 92.6 cm³/mol. The van der Waals surface area contributed by atoms with Gasteiger partial charge < -0.3 is 13.9 Å². The first-order chi connectivity index (χ1) is 11.3. The van der Waals surface area contributed by atoms with E-state index in [1.807, 2.05) is 36.4 Å². The summed E-state index contributed by atoms with van der Waals surface area (Å²) >= 11 is 3.43. The lowest BCUT2D eigenvalue weighted by atomic mass is 10.2. The van der Waals surface area contributed by atoms with Gasteiger partial charge in [0, 0.05) is 24.2 Å². The number of furan rings is 1. The minimum Gasteiger partial charge on any atom is -0.492 e. The molecule has 2 heterocycles. The summed E-state index contributed by atoms with van der Waals surface area (Å²) in [5, 5.41) is 0. The Kier molecular flexibility index (Phi) is 6.13. The van der Waals surface area contributed by atoms with Gasteiger partial charge >= 0.3 is 0 Å². The zero-order valence-electron chi connectivity index (χ0n) is 13.1. The van der Waals surface area contributed by atoms with Crippen LogP contribution in [0.2, 0.25) is 0 Å². The molecule has 4 nitrogen and oxygen atoms in total. The Morgan fingerprint density at radius 1 is 1.22 bits per heavy atom. The molecule has 124 valence electrons. The molecule has 0 N–H and O–H groups in total. The van der Waals surface area contributed by atoms with E-state index in [4.69, 9.17) is 13.9 Å². The normalized spacial score (nSPS) is 17.7. The van der Waals surface area contributed by atoms with Gasteiger partial charge in [-0.3, -0.25) is 4.90 Å². The van der Waals surface area contributed by atoms with Gasteiger partial charge in [0.05, 0.1) is 18.9 Å². The number of ether oxygens (including phenoxy) is 2. The molecule has 0 saturated carbocycles. The van der Waals surface area contributed by atoms with E-state index < -0.39 is 0 Å². The average molecular weight is 380 g/mol. The van der Waals surface area contributed by atoms with Crippen molar-refractivity contribution in [2.24, 2.45) is 0 Å². The Bertz CT molecular complexity index is 564. The molecule has 0 aliphatic carbocycles. The molecule has 1 aromatic carbocycles. The van der Waals surface area contributed by atoms with Crippen molar-refractivity contribution in [1.29, 1.82) is 0 Å². The third-order valence-electron chi connectivity index (χ3n) is 3.94. The highest BCUT2D eigenvalue weighted by molar-refractivity contribution is 9.10. The van der Waals surface area contributed by atoms with Crippen LogP contribution in [0.15, 0.2) is 51.6 Å². The lowest BCUT2D eigenvalue weighted by Crippen LogP contribution is -2.34. The highest BCUT2D eigenvalue weighted by atomic mass is 79.9. The molecule has 0 amide bonds. The zero-order chi connectivity index (χ0) is 15.9. The van der Waals surface area contributed by atoms with E-state index in [2.05, 4.69) is 20.8 Å². The van der Waals surface area contributed by atoms with Crippen LogP contribution in [0.1, 0.15) is 18.6 Å². The second-order valence-corrected chi connectivity index (χ2v) is 6.67. The van der Waals surface area contributed by atoms with Gasteiger partial charge in [-0.05, 0) is 49.2 Å². The highest BCUT2D eigenvalue weighted by Gasteiger charge is 2.20. The summed E-state index contributed by atoms with van der Waals surface area (Å²) in [5.74, 6) is 1.87. The quantitative estimate of drug-likeness (QED) is 0.691. The summed E-state index contributed by atoms with van der Waals surface area (Å²) in [6.45, 7) is 4.08. The molecule has 0 bridgehead atoms. The Morgan fingerprint density at radius 2 is 2.09 bits per heavy atom. The largest absolute Gasteiger partial charge is 0.492 e. The fourth-order valence-corrected chi connectivity index (χ4v) is 3.02. The zero-order valence-corrected chi connectivity index (χ0v) is 14.7. The third-order valence-corrected chi connectivity index (χ3v) is 4.46. The predicted octanol–water partition coefficient (Wildman–Crippen LogP) is 4.10. The van der Waals surface area contributed by atoms with Crippen LogP contribution in [-0.4, -0.2) is 37.3 Å². The second-order valence-electron chi connectivity index (χ2n) is 5.75. The summed E-state index contributed by atoms with van der Waals surface area (Å²) in [6, 6.07) is 11.9. The van der Waals surface area contributed by atoms with E-state index in [-0.39, 0.29) is 0 Å². The van der Waals surface area contributed by atoms with Gasteiger partial charge in [0.15, 0.2) is 0 Å². The standard InChI is InChI=1S/C18H22BrNO3/c19-15-5-7-16(8-6-15)23-12-9-20(13-17-3-1-10-21-17)14-18-4-2-11-22-18/h1,3,5-8,10,18H,2,4,9,11-14H2. The Labute approximate surface area is 145 Å². The molecule has 1 aromatic heterocycles. The van der Waals surface area contributed by atoms with Crippen molar-refractivity contribution in [3.63, 3.8) is 0 Å². The number of halogens is 1. The molecule has 0 radical (unpaired) electrons. The molecule has 23 heavy (non-hydrogen) atoms. The van der Waals surface area contributed by atoms with Crippen LogP contribution < -0.4 is 4.74 Å². The monoisotopic (exact) mass is 379 g/mol. The van der Waals surface area contributed by atoms with Crippen LogP contribution in [0.5, 0.6) is 5.75 Å². The van der Waals surface area contributed by atoms with E-state index in [0.29, 0.717) is 12.7 Å². The van der Waals surface area contributed by atoms with Crippen LogP contribution in [0.3, 0.4) is 0 Å². The molecule has 1 unspecified atom stereocenters. The highest BCUT2D eigenvalue weighted by Crippen LogP contribution is 2.17. The van der Waals surface area contributed by atoms with Gasteiger partial charge in [0.2, 0.25) is 0 Å². The molecule has 2 aromatic rings. The number of hydrogen-bond acceptors (Lipinski definition) is 4. The molecule has 1 atom stereocenters. The Hall–Kier alpha value is -1.30. The van der Waals surface area contributed by atoms with E-state index in [9.17, 15) is 0 Å². The van der Waals surface area contributed by atoms with Crippen molar-refractivity contribution in [1.82, 2.24) is 4.90 Å². The second kappa shape index (κ2) is 8.52. The number of nitrogens with zero attached hydrogens (tertiary/aromatic N) is 1. The molecule has 3 rings (SSSR count). The summed E-state index contributed by atoms with van der Waals surface area (Å²) < 4.78 is 18.1. The van der Waals surface area contributed by atoms with Crippen molar-refractivity contribution >= 4 is 15.9 Å². The molecule has 0 spiro atoms. The Morgan fingerprint density at radius 3 is 2.78 bits per heavy atom. The van der Waals surface area contributed by atoms with Gasteiger partial charge in [0.1, 0.15) is 18.1 Å². The first-order valence-electron chi connectivity index (χ1n) is 8.04. The molecule has 5 heteroatoms. The first-order valence-corrected chi connectivity index (χ1v) is 8.83. The van der Waals surface area contributed by atoms with Gasteiger partial charge in [0.25, 0.3) is 0 Å². The van der Waals surface area contributed by atoms with Crippen LogP contribution in [0.4, 0.5) is 0 Å². The van der Waals surface area contributed by atoms with E-state index in [0.717, 1.165) is 55.1 Å². The summed E-state index contributed by atoms with van der Waals surface area (Å²) in [4.78, 5) is 2.34. The van der Waals surface area contributed by atoms with Gasteiger partial charge in [-0.1, -0.05) is 15.9 Å². The lowest BCUT2D eigenvalue weighted by Gasteiger charge is -2.24. The maximum atomic E-state index is 5.84. The van der Waals surface area contributed by atoms with E-state index >= 15 is 0 Å². The van der Waals surface area contributed by atoms with Gasteiger partial charge in [-0.15, -0.1) is 0 Å². The fourth-order valence-electron chi connectivity index (χ4n) is 2.76. The Balaban J connectivity index is 1.50. The van der Waals surface area contributed by atoms with Crippen molar-refractivity contribution in [2.45, 2.75) is 25.5 Å². The molecule has 1 aliphatic rings. The van der Waals surface area contributed by atoms with Crippen molar-refractivity contribution in [3.8, 4) is 5.75 Å². The van der Waals surface area contributed by atoms with Gasteiger partial charge in [-0.25, -0.2) is 0 Å². The fraction of sp³-hybridized carbons (Fsp3) is 0.444. The maximum absolute atomic E-state index is 5.84. The molecule has 1 fully saturated rings. The van der Waals surface area contributed by atoms with Crippen LogP contribution in [0, 0.1) is 0 Å². The minimum atomic E-state index is 0.331. The molecule has 1 saturated heterocycles. The first kappa shape index (κ1) is 16.6. The molecule has 1 aliphatic heterocycles. The molecular weight excluding hydrogens is 358 g/mol. The van der Waals surface area contributed by atoms with Crippen LogP contribution in [0.25, 0.3) is 0 Å².